The fourth-order valence-corrected chi connectivity index (χ4v) is 6.85. The molecule has 15 heteroatoms. The van der Waals surface area contributed by atoms with Crippen LogP contribution in [0.25, 0.3) is 21.9 Å². The van der Waals surface area contributed by atoms with Gasteiger partial charge in [-0.1, -0.05) is 48.5 Å². The molecule has 1 aliphatic rings. The quantitative estimate of drug-likeness (QED) is 0.194. The van der Waals surface area contributed by atoms with E-state index in [0.717, 1.165) is 10.9 Å². The summed E-state index contributed by atoms with van der Waals surface area (Å²) < 4.78 is 30.7. The topological polar surface area (TPSA) is 190 Å². The smallest absolute Gasteiger partial charge is 0.413 e. The van der Waals surface area contributed by atoms with E-state index in [4.69, 9.17) is 15.5 Å². The van der Waals surface area contributed by atoms with E-state index in [1.807, 2.05) is 53.1 Å². The fraction of sp³-hybridized carbons (Fsp3) is 0.367. The Bertz CT molecular complexity index is 1820. The molecule has 4 amide bonds. The van der Waals surface area contributed by atoms with Gasteiger partial charge in [0.1, 0.15) is 17.9 Å². The average molecular weight is 638 g/mol. The van der Waals surface area contributed by atoms with Gasteiger partial charge in [-0.05, 0) is 31.4 Å². The van der Waals surface area contributed by atoms with E-state index < -0.39 is 34.1 Å². The molecule has 0 aliphatic carbocycles. The van der Waals surface area contributed by atoms with E-state index in [1.54, 1.807) is 13.0 Å². The van der Waals surface area contributed by atoms with Gasteiger partial charge in [0.15, 0.2) is 15.7 Å². The number of benzene rings is 2. The summed E-state index contributed by atoms with van der Waals surface area (Å²) in [6.07, 6.45) is -0.771. The van der Waals surface area contributed by atoms with Gasteiger partial charge in [0, 0.05) is 25.0 Å². The van der Waals surface area contributed by atoms with Crippen molar-refractivity contribution in [2.24, 2.45) is 5.73 Å². The van der Waals surface area contributed by atoms with Crippen LogP contribution in [-0.4, -0.2) is 86.7 Å². The van der Waals surface area contributed by atoms with Crippen LogP contribution in [0.2, 0.25) is 0 Å². The fourth-order valence-electron chi connectivity index (χ4n) is 5.41. The van der Waals surface area contributed by atoms with E-state index in [9.17, 15) is 27.9 Å². The number of unbranched alkanes of at least 4 members (excludes halogenated alkanes) is 1. The molecule has 1 fully saturated rings. The summed E-state index contributed by atoms with van der Waals surface area (Å²) in [5, 5.41) is 13.2. The number of amides is 4. The van der Waals surface area contributed by atoms with Crippen molar-refractivity contribution < 1.29 is 32.6 Å². The van der Waals surface area contributed by atoms with E-state index in [-0.39, 0.29) is 43.6 Å². The van der Waals surface area contributed by atoms with Crippen molar-refractivity contribution in [3.8, 4) is 0 Å². The number of aryl methyl sites for hydroxylation is 1. The van der Waals surface area contributed by atoms with Crippen molar-refractivity contribution in [1.82, 2.24) is 24.3 Å². The first-order chi connectivity index (χ1) is 21.6. The summed E-state index contributed by atoms with van der Waals surface area (Å²) in [6.45, 7) is 2.67. The second-order valence-corrected chi connectivity index (χ2v) is 13.0. The van der Waals surface area contributed by atoms with Crippen LogP contribution in [0, 0.1) is 0 Å². The van der Waals surface area contributed by atoms with E-state index in [2.05, 4.69) is 10.3 Å². The number of nitrogens with two attached hydrogens (primary N) is 1. The van der Waals surface area contributed by atoms with Gasteiger partial charge >= 0.3 is 18.2 Å². The SMILES string of the molecule is CCN(Cc1nc2c(NC(=O)OCc3ccccc3)nc3ccccc3c2n1CCCCN(C(N)=O)C1CS(=O)(=O)C1)C(=O)O. The van der Waals surface area contributed by atoms with Gasteiger partial charge in [0.05, 0.1) is 35.1 Å². The van der Waals surface area contributed by atoms with Gasteiger partial charge in [0.25, 0.3) is 0 Å². The van der Waals surface area contributed by atoms with E-state index in [0.29, 0.717) is 41.8 Å². The Morgan fingerprint density at radius 1 is 1.07 bits per heavy atom. The van der Waals surface area contributed by atoms with Gasteiger partial charge in [-0.2, -0.15) is 0 Å². The van der Waals surface area contributed by atoms with Gasteiger partial charge in [-0.3, -0.25) is 5.32 Å². The summed E-state index contributed by atoms with van der Waals surface area (Å²) in [5.41, 5.74) is 7.99. The Balaban J connectivity index is 1.45. The number of imidazole rings is 1. The van der Waals surface area contributed by atoms with Crippen LogP contribution < -0.4 is 11.1 Å². The number of rotatable bonds is 12. The second-order valence-electron chi connectivity index (χ2n) is 10.8. The molecule has 14 nitrogen and oxygen atoms in total. The normalized spacial score (nSPS) is 14.2. The molecule has 3 heterocycles. The maximum Gasteiger partial charge on any atom is 0.413 e. The summed E-state index contributed by atoms with van der Waals surface area (Å²) in [7, 11) is -3.14. The second kappa shape index (κ2) is 13.4. The zero-order valence-corrected chi connectivity index (χ0v) is 25.6. The number of aromatic nitrogens is 3. The lowest BCUT2D eigenvalue weighted by Gasteiger charge is -2.36. The average Bonchev–Trinajstić information content (AvgIpc) is 3.36. The number of hydrogen-bond acceptors (Lipinski definition) is 8. The maximum atomic E-state index is 12.9. The molecule has 1 aliphatic heterocycles. The number of ether oxygens (including phenoxy) is 1. The highest BCUT2D eigenvalue weighted by atomic mass is 32.2. The third kappa shape index (κ3) is 7.25. The van der Waals surface area contributed by atoms with Gasteiger partial charge < -0.3 is 29.9 Å². The molecule has 4 aromatic rings. The van der Waals surface area contributed by atoms with E-state index in [1.165, 1.54) is 9.80 Å². The van der Waals surface area contributed by atoms with Crippen LogP contribution in [0.4, 0.5) is 20.2 Å². The molecule has 4 N–H and O–H groups in total. The minimum atomic E-state index is -3.14. The monoisotopic (exact) mass is 637 g/mol. The minimum absolute atomic E-state index is 0.0138. The molecular formula is C30H35N7O7S. The molecule has 0 unspecified atom stereocenters. The first-order valence-electron chi connectivity index (χ1n) is 14.6. The molecule has 2 aromatic carbocycles. The lowest BCUT2D eigenvalue weighted by Crippen LogP contribution is -2.57. The predicted octanol–water partition coefficient (Wildman–Crippen LogP) is 3.79. The number of nitrogens with zero attached hydrogens (tertiary/aromatic N) is 5. The van der Waals surface area contributed by atoms with Crippen LogP contribution in [0.5, 0.6) is 0 Å². The van der Waals surface area contributed by atoms with Crippen molar-refractivity contribution in [3.05, 3.63) is 66.0 Å². The Morgan fingerprint density at radius 3 is 2.44 bits per heavy atom. The zero-order valence-electron chi connectivity index (χ0n) is 24.8. The number of hydrogen-bond donors (Lipinski definition) is 3. The summed E-state index contributed by atoms with van der Waals surface area (Å²) in [5.74, 6) is 0.421. The van der Waals surface area contributed by atoms with Crippen molar-refractivity contribution in [3.63, 3.8) is 0 Å². The van der Waals surface area contributed by atoms with Crippen LogP contribution in [-0.2, 0) is 34.3 Å². The predicted molar refractivity (Wildman–Crippen MR) is 167 cm³/mol. The lowest BCUT2D eigenvalue weighted by atomic mass is 10.1. The largest absolute Gasteiger partial charge is 0.465 e. The zero-order chi connectivity index (χ0) is 32.1. The highest BCUT2D eigenvalue weighted by Crippen LogP contribution is 2.31. The number of urea groups is 1. The molecule has 0 atom stereocenters. The van der Waals surface area contributed by atoms with Crippen LogP contribution in [0.1, 0.15) is 31.2 Å². The molecule has 0 bridgehead atoms. The molecule has 0 saturated carbocycles. The lowest BCUT2D eigenvalue weighted by molar-refractivity contribution is 0.143. The molecule has 45 heavy (non-hydrogen) atoms. The molecule has 0 spiro atoms. The van der Waals surface area contributed by atoms with Crippen LogP contribution >= 0.6 is 0 Å². The number of anilines is 1. The number of carboxylic acid groups (broad SMARTS) is 1. The molecule has 5 rings (SSSR count). The number of primary amides is 1. The molecule has 1 saturated heterocycles. The van der Waals surface area contributed by atoms with Crippen LogP contribution in [0.3, 0.4) is 0 Å². The highest BCUT2D eigenvalue weighted by molar-refractivity contribution is 7.92. The molecule has 2 aromatic heterocycles. The van der Waals surface area contributed by atoms with E-state index >= 15 is 0 Å². The minimum Gasteiger partial charge on any atom is -0.465 e. The van der Waals surface area contributed by atoms with Crippen LogP contribution in [0.15, 0.2) is 54.6 Å². The number of fused-ring (bicyclic) bond motifs is 3. The summed E-state index contributed by atoms with van der Waals surface area (Å²) in [4.78, 5) is 48.9. The Labute approximate surface area is 259 Å². The molecule has 0 radical (unpaired) electrons. The number of sulfone groups is 1. The first kappa shape index (κ1) is 31.5. The number of nitrogens with one attached hydrogen (secondary N) is 1. The number of carbonyl (C=O) groups excluding carboxylic acids is 2. The standard InChI is InChI=1S/C30H35N7O7S/c1-2-35(30(40)41)16-24-33-25-26(37(24)15-9-8-14-36(28(31)38)21-18-45(42,43)19-21)22-12-6-7-13-23(22)32-27(25)34-29(39)44-17-20-10-4-3-5-11-20/h3-7,10-13,21H,2,8-9,14-19H2,1H3,(H2,31,38)(H,40,41)(H,32,34,39). The van der Waals surface area contributed by atoms with Gasteiger partial charge in [0.2, 0.25) is 0 Å². The third-order valence-electron chi connectivity index (χ3n) is 7.73. The number of carbonyl (C=O) groups is 3. The van der Waals surface area contributed by atoms with Crippen molar-refractivity contribution in [2.45, 2.75) is 45.5 Å². The Morgan fingerprint density at radius 2 is 1.78 bits per heavy atom. The number of pyridine rings is 1. The Kier molecular flexibility index (Phi) is 9.37. The summed E-state index contributed by atoms with van der Waals surface area (Å²) in [6, 6.07) is 15.5. The van der Waals surface area contributed by atoms with Gasteiger partial charge in [-0.25, -0.2) is 32.8 Å². The van der Waals surface area contributed by atoms with Crippen molar-refractivity contribution >= 4 is 55.8 Å². The molecular weight excluding hydrogens is 602 g/mol. The first-order valence-corrected chi connectivity index (χ1v) is 16.4. The van der Waals surface area contributed by atoms with Gasteiger partial charge in [-0.15, -0.1) is 0 Å². The third-order valence-corrected chi connectivity index (χ3v) is 9.51. The Hall–Kier alpha value is -4.92. The van der Waals surface area contributed by atoms with Crippen molar-refractivity contribution in [2.75, 3.05) is 29.9 Å². The highest BCUT2D eigenvalue weighted by Gasteiger charge is 2.39. The summed E-state index contributed by atoms with van der Waals surface area (Å²) >= 11 is 0. The molecule has 238 valence electrons. The van der Waals surface area contributed by atoms with Crippen molar-refractivity contribution in [1.29, 1.82) is 0 Å². The maximum absolute atomic E-state index is 12.9. The number of para-hydroxylation sites is 1.